The van der Waals surface area contributed by atoms with Gasteiger partial charge in [0.1, 0.15) is 0 Å². The van der Waals surface area contributed by atoms with Crippen molar-refractivity contribution in [1.29, 1.82) is 0 Å². The standard InChI is InChI=1S/C16H20/c1-4-5-13-6-7-16-11-14(12(2)3)8-9-15(16)10-13/h4-7,10-12H,8-9H2,1-3H3/b5-4+. The molecule has 0 N–H and O–H groups in total. The minimum Gasteiger partial charge on any atom is -0.0871 e. The molecule has 0 fully saturated rings. The summed E-state index contributed by atoms with van der Waals surface area (Å²) in [6.07, 6.45) is 9.07. The first kappa shape index (κ1) is 11.2. The summed E-state index contributed by atoms with van der Waals surface area (Å²) in [6.45, 7) is 6.63. The normalized spacial score (nSPS) is 15.4. The van der Waals surface area contributed by atoms with Gasteiger partial charge in [0.05, 0.1) is 0 Å². The molecule has 0 heterocycles. The SMILES string of the molecule is C/C=C/c1ccc2c(c1)CCC(C(C)C)=C2. The lowest BCUT2D eigenvalue weighted by Crippen LogP contribution is -2.03. The molecule has 1 aromatic carbocycles. The number of hydrogen-bond donors (Lipinski definition) is 0. The van der Waals surface area contributed by atoms with Gasteiger partial charge in [-0.05, 0) is 42.4 Å². The second-order valence-electron chi connectivity index (χ2n) is 4.83. The summed E-state index contributed by atoms with van der Waals surface area (Å²) in [4.78, 5) is 0. The maximum Gasteiger partial charge on any atom is -0.0224 e. The van der Waals surface area contributed by atoms with Gasteiger partial charge in [0.25, 0.3) is 0 Å². The van der Waals surface area contributed by atoms with E-state index in [2.05, 4.69) is 57.2 Å². The third-order valence-electron chi connectivity index (χ3n) is 3.29. The van der Waals surface area contributed by atoms with Gasteiger partial charge in [-0.3, -0.25) is 0 Å². The van der Waals surface area contributed by atoms with Crippen LogP contribution >= 0.6 is 0 Å². The van der Waals surface area contributed by atoms with Crippen LogP contribution in [0.5, 0.6) is 0 Å². The Labute approximate surface area is 98.7 Å². The summed E-state index contributed by atoms with van der Waals surface area (Å²) >= 11 is 0. The highest BCUT2D eigenvalue weighted by Crippen LogP contribution is 2.28. The molecule has 0 amide bonds. The Hall–Kier alpha value is -1.30. The molecule has 0 aliphatic heterocycles. The van der Waals surface area contributed by atoms with Gasteiger partial charge in [0.2, 0.25) is 0 Å². The first-order valence-corrected chi connectivity index (χ1v) is 6.17. The number of rotatable bonds is 2. The van der Waals surface area contributed by atoms with Crippen LogP contribution in [0.3, 0.4) is 0 Å². The zero-order chi connectivity index (χ0) is 11.5. The molecule has 2 rings (SSSR count). The maximum atomic E-state index is 2.38. The molecular formula is C16H20. The van der Waals surface area contributed by atoms with Crippen LogP contribution in [0.1, 0.15) is 43.9 Å². The Kier molecular flexibility index (Phi) is 3.28. The second kappa shape index (κ2) is 4.69. The molecule has 16 heavy (non-hydrogen) atoms. The van der Waals surface area contributed by atoms with E-state index >= 15 is 0 Å². The van der Waals surface area contributed by atoms with Crippen LogP contribution in [0.2, 0.25) is 0 Å². The average molecular weight is 212 g/mol. The van der Waals surface area contributed by atoms with Crippen LogP contribution in [-0.2, 0) is 6.42 Å². The van der Waals surface area contributed by atoms with Gasteiger partial charge in [-0.2, -0.15) is 0 Å². The highest BCUT2D eigenvalue weighted by Gasteiger charge is 2.12. The predicted octanol–water partition coefficient (Wildman–Crippen LogP) is 4.71. The summed E-state index contributed by atoms with van der Waals surface area (Å²) in [5.74, 6) is 0.684. The molecule has 0 nitrogen and oxygen atoms in total. The molecule has 0 saturated heterocycles. The monoisotopic (exact) mass is 212 g/mol. The minimum atomic E-state index is 0.684. The molecule has 1 aromatic rings. The third-order valence-corrected chi connectivity index (χ3v) is 3.29. The second-order valence-corrected chi connectivity index (χ2v) is 4.83. The predicted molar refractivity (Wildman–Crippen MR) is 72.3 cm³/mol. The van der Waals surface area contributed by atoms with Crippen molar-refractivity contribution >= 4 is 12.2 Å². The molecule has 0 bridgehead atoms. The van der Waals surface area contributed by atoms with E-state index in [-0.39, 0.29) is 0 Å². The smallest absolute Gasteiger partial charge is 0.0224 e. The Bertz CT molecular complexity index is 433. The lowest BCUT2D eigenvalue weighted by molar-refractivity contribution is 0.709. The molecule has 0 atom stereocenters. The number of benzene rings is 1. The molecule has 0 heteroatoms. The van der Waals surface area contributed by atoms with Crippen molar-refractivity contribution < 1.29 is 0 Å². The van der Waals surface area contributed by atoms with E-state index in [1.807, 2.05) is 0 Å². The zero-order valence-corrected chi connectivity index (χ0v) is 10.5. The third kappa shape index (κ3) is 2.27. The Balaban J connectivity index is 2.35. The van der Waals surface area contributed by atoms with E-state index in [0.29, 0.717) is 5.92 Å². The van der Waals surface area contributed by atoms with E-state index in [4.69, 9.17) is 0 Å². The molecular weight excluding hydrogens is 192 g/mol. The fourth-order valence-corrected chi connectivity index (χ4v) is 2.29. The van der Waals surface area contributed by atoms with Gasteiger partial charge in [0, 0.05) is 0 Å². The molecule has 1 aliphatic rings. The molecule has 0 unspecified atom stereocenters. The number of hydrogen-bond acceptors (Lipinski definition) is 0. The topological polar surface area (TPSA) is 0 Å². The summed E-state index contributed by atoms with van der Waals surface area (Å²) in [7, 11) is 0. The summed E-state index contributed by atoms with van der Waals surface area (Å²) < 4.78 is 0. The van der Waals surface area contributed by atoms with Crippen LogP contribution in [0.25, 0.3) is 12.2 Å². The molecule has 0 radical (unpaired) electrons. The first-order valence-electron chi connectivity index (χ1n) is 6.17. The lowest BCUT2D eigenvalue weighted by atomic mass is 9.86. The Morgan fingerprint density at radius 1 is 1.19 bits per heavy atom. The summed E-state index contributed by atoms with van der Waals surface area (Å²) in [5.41, 5.74) is 5.83. The van der Waals surface area contributed by atoms with E-state index in [9.17, 15) is 0 Å². The van der Waals surface area contributed by atoms with E-state index in [1.165, 1.54) is 29.5 Å². The van der Waals surface area contributed by atoms with Crippen molar-refractivity contribution in [2.45, 2.75) is 33.6 Å². The van der Waals surface area contributed by atoms with Crippen LogP contribution < -0.4 is 0 Å². The molecule has 84 valence electrons. The first-order chi connectivity index (χ1) is 7.70. The Morgan fingerprint density at radius 3 is 2.69 bits per heavy atom. The van der Waals surface area contributed by atoms with Gasteiger partial charge in [0.15, 0.2) is 0 Å². The molecule has 0 aromatic heterocycles. The van der Waals surface area contributed by atoms with E-state index < -0.39 is 0 Å². The molecule has 1 aliphatic carbocycles. The highest BCUT2D eigenvalue weighted by atomic mass is 14.2. The fraction of sp³-hybridized carbons (Fsp3) is 0.375. The van der Waals surface area contributed by atoms with E-state index in [0.717, 1.165) is 0 Å². The lowest BCUT2D eigenvalue weighted by Gasteiger charge is -2.19. The van der Waals surface area contributed by atoms with Crippen LogP contribution in [-0.4, -0.2) is 0 Å². The van der Waals surface area contributed by atoms with Gasteiger partial charge >= 0.3 is 0 Å². The van der Waals surface area contributed by atoms with Crippen molar-refractivity contribution in [2.24, 2.45) is 5.92 Å². The fourth-order valence-electron chi connectivity index (χ4n) is 2.29. The van der Waals surface area contributed by atoms with Gasteiger partial charge < -0.3 is 0 Å². The average Bonchev–Trinajstić information content (AvgIpc) is 2.28. The van der Waals surface area contributed by atoms with Crippen molar-refractivity contribution in [3.63, 3.8) is 0 Å². The molecule has 0 spiro atoms. The van der Waals surface area contributed by atoms with Gasteiger partial charge in [-0.15, -0.1) is 0 Å². The highest BCUT2D eigenvalue weighted by molar-refractivity contribution is 5.63. The minimum absolute atomic E-state index is 0.684. The zero-order valence-electron chi connectivity index (χ0n) is 10.5. The summed E-state index contributed by atoms with van der Waals surface area (Å²) in [5, 5.41) is 0. The largest absolute Gasteiger partial charge is 0.0871 e. The van der Waals surface area contributed by atoms with Crippen molar-refractivity contribution in [3.05, 3.63) is 46.5 Å². The summed E-state index contributed by atoms with van der Waals surface area (Å²) in [6, 6.07) is 6.79. The number of fused-ring (bicyclic) bond motifs is 1. The Morgan fingerprint density at radius 2 is 2.00 bits per heavy atom. The van der Waals surface area contributed by atoms with Crippen LogP contribution in [0.15, 0.2) is 29.8 Å². The van der Waals surface area contributed by atoms with Gasteiger partial charge in [-0.25, -0.2) is 0 Å². The quantitative estimate of drug-likeness (QED) is 0.666. The maximum absolute atomic E-state index is 2.38. The number of allylic oxidation sites excluding steroid dienone is 2. The molecule has 0 saturated carbocycles. The van der Waals surface area contributed by atoms with E-state index in [1.54, 1.807) is 5.57 Å². The van der Waals surface area contributed by atoms with Crippen molar-refractivity contribution in [3.8, 4) is 0 Å². The number of aryl methyl sites for hydroxylation is 1. The van der Waals surface area contributed by atoms with Crippen LogP contribution in [0.4, 0.5) is 0 Å². The van der Waals surface area contributed by atoms with Crippen molar-refractivity contribution in [1.82, 2.24) is 0 Å². The van der Waals surface area contributed by atoms with Crippen molar-refractivity contribution in [2.75, 3.05) is 0 Å². The van der Waals surface area contributed by atoms with Gasteiger partial charge in [-0.1, -0.05) is 55.8 Å². The van der Waals surface area contributed by atoms with Crippen LogP contribution in [0, 0.1) is 5.92 Å².